The van der Waals surface area contributed by atoms with Crippen LogP contribution in [0.15, 0.2) is 24.3 Å². The molecule has 1 heterocycles. The summed E-state index contributed by atoms with van der Waals surface area (Å²) in [7, 11) is 3.20. The number of hydrogen-bond acceptors (Lipinski definition) is 5. The van der Waals surface area contributed by atoms with Gasteiger partial charge in [0, 0.05) is 25.9 Å². The predicted molar refractivity (Wildman–Crippen MR) is 100 cm³/mol. The summed E-state index contributed by atoms with van der Waals surface area (Å²) in [6, 6.07) is 6.76. The van der Waals surface area contributed by atoms with E-state index in [9.17, 15) is 9.59 Å². The molecule has 1 N–H and O–H groups in total. The monoisotopic (exact) mass is 362 g/mol. The average molecular weight is 362 g/mol. The van der Waals surface area contributed by atoms with Crippen LogP contribution in [0, 0.1) is 5.41 Å². The Kier molecular flexibility index (Phi) is 6.64. The van der Waals surface area contributed by atoms with Crippen molar-refractivity contribution in [1.82, 2.24) is 10.2 Å². The number of carbonyl (C=O) groups is 2. The number of methoxy groups -OCH3 is 1. The lowest BCUT2D eigenvalue weighted by atomic mass is 9.85. The number of likely N-dealkylation sites (tertiary alicyclic amines) is 1. The van der Waals surface area contributed by atoms with Gasteiger partial charge in [0.2, 0.25) is 5.91 Å². The quantitative estimate of drug-likeness (QED) is 0.815. The van der Waals surface area contributed by atoms with E-state index >= 15 is 0 Å². The van der Waals surface area contributed by atoms with Crippen LogP contribution in [0.4, 0.5) is 0 Å². The van der Waals surface area contributed by atoms with Crippen LogP contribution in [0.25, 0.3) is 0 Å². The minimum absolute atomic E-state index is 0.0747. The lowest BCUT2D eigenvalue weighted by molar-refractivity contribution is -0.137. The first kappa shape index (κ1) is 20.2. The van der Waals surface area contributed by atoms with Crippen LogP contribution in [0.1, 0.15) is 44.0 Å². The Bertz CT molecular complexity index is 614. The van der Waals surface area contributed by atoms with Crippen LogP contribution >= 0.6 is 0 Å². The van der Waals surface area contributed by atoms with Gasteiger partial charge in [0.05, 0.1) is 18.7 Å². The van der Waals surface area contributed by atoms with Crippen LogP contribution < -0.4 is 10.1 Å². The molecule has 0 spiro atoms. The number of amides is 1. The summed E-state index contributed by atoms with van der Waals surface area (Å²) < 4.78 is 10.7. The number of likely N-dealkylation sites (N-methyl/N-ethyl adjacent to an activating group) is 1. The van der Waals surface area contributed by atoms with Crippen LogP contribution in [0.5, 0.6) is 5.75 Å². The maximum atomic E-state index is 12.7. The number of hydrogen-bond donors (Lipinski definition) is 1. The molecule has 1 aliphatic rings. The second kappa shape index (κ2) is 8.54. The van der Waals surface area contributed by atoms with E-state index in [0.29, 0.717) is 18.7 Å². The Labute approximate surface area is 155 Å². The third-order valence-electron chi connectivity index (χ3n) is 4.73. The van der Waals surface area contributed by atoms with E-state index in [1.54, 1.807) is 24.3 Å². The first-order valence-electron chi connectivity index (χ1n) is 9.07. The van der Waals surface area contributed by atoms with Crippen LogP contribution in [-0.4, -0.2) is 56.2 Å². The number of carbonyl (C=O) groups excluding carboxylic acids is 2. The van der Waals surface area contributed by atoms with Crippen molar-refractivity contribution in [3.05, 3.63) is 29.8 Å². The molecule has 6 heteroatoms. The molecule has 0 unspecified atom stereocenters. The van der Waals surface area contributed by atoms with E-state index in [-0.39, 0.29) is 29.4 Å². The molecule has 0 radical (unpaired) electrons. The predicted octanol–water partition coefficient (Wildman–Crippen LogP) is 2.48. The number of ether oxygens (including phenoxy) is 2. The Hall–Kier alpha value is -2.08. The number of rotatable bonds is 5. The zero-order valence-corrected chi connectivity index (χ0v) is 16.4. The molecule has 1 aliphatic heterocycles. The Balaban J connectivity index is 1.88. The molecule has 1 aromatic carbocycles. The summed E-state index contributed by atoms with van der Waals surface area (Å²) in [5.74, 6) is 0.521. The van der Waals surface area contributed by atoms with Crippen molar-refractivity contribution in [3.63, 3.8) is 0 Å². The summed E-state index contributed by atoms with van der Waals surface area (Å²) in [6.07, 6.45) is 1.67. The highest BCUT2D eigenvalue weighted by Crippen LogP contribution is 2.24. The maximum Gasteiger partial charge on any atom is 0.337 e. The molecular weight excluding hydrogens is 332 g/mol. The van der Waals surface area contributed by atoms with Gasteiger partial charge in [-0.1, -0.05) is 20.8 Å². The van der Waals surface area contributed by atoms with Gasteiger partial charge < -0.3 is 19.7 Å². The fourth-order valence-electron chi connectivity index (χ4n) is 3.28. The van der Waals surface area contributed by atoms with Crippen molar-refractivity contribution >= 4 is 11.9 Å². The van der Waals surface area contributed by atoms with Gasteiger partial charge in [0.1, 0.15) is 11.9 Å². The van der Waals surface area contributed by atoms with E-state index in [0.717, 1.165) is 18.6 Å². The van der Waals surface area contributed by atoms with Gasteiger partial charge in [-0.3, -0.25) is 4.79 Å². The molecule has 0 saturated carbocycles. The Morgan fingerprint density at radius 1 is 1.15 bits per heavy atom. The average Bonchev–Trinajstić information content (AvgIpc) is 2.61. The van der Waals surface area contributed by atoms with Gasteiger partial charge in [0.15, 0.2) is 0 Å². The summed E-state index contributed by atoms with van der Waals surface area (Å²) in [6.45, 7) is 7.59. The minimum atomic E-state index is -0.360. The van der Waals surface area contributed by atoms with Crippen LogP contribution in [0.2, 0.25) is 0 Å². The smallest absolute Gasteiger partial charge is 0.337 e. The van der Waals surface area contributed by atoms with Crippen molar-refractivity contribution < 1.29 is 19.1 Å². The highest BCUT2D eigenvalue weighted by Gasteiger charge is 2.34. The molecule has 0 aliphatic carbocycles. The highest BCUT2D eigenvalue weighted by molar-refractivity contribution is 5.89. The van der Waals surface area contributed by atoms with Gasteiger partial charge in [-0.25, -0.2) is 4.79 Å². The molecule has 0 aromatic heterocycles. The third-order valence-corrected chi connectivity index (χ3v) is 4.73. The number of piperidine rings is 1. The Morgan fingerprint density at radius 2 is 1.73 bits per heavy atom. The second-order valence-electron chi connectivity index (χ2n) is 7.75. The lowest BCUT2D eigenvalue weighted by Crippen LogP contribution is -2.54. The first-order chi connectivity index (χ1) is 12.3. The molecule has 1 aromatic rings. The lowest BCUT2D eigenvalue weighted by Gasteiger charge is -2.38. The molecule has 2 rings (SSSR count). The molecule has 1 fully saturated rings. The van der Waals surface area contributed by atoms with Gasteiger partial charge in [-0.2, -0.15) is 0 Å². The molecule has 1 amide bonds. The van der Waals surface area contributed by atoms with E-state index in [1.165, 1.54) is 7.11 Å². The maximum absolute atomic E-state index is 12.7. The largest absolute Gasteiger partial charge is 0.490 e. The molecule has 6 nitrogen and oxygen atoms in total. The fraction of sp³-hybridized carbons (Fsp3) is 0.600. The standard InChI is InChI=1S/C20H30N2O4/c1-20(2,3)17(21-4)18(23)22-12-10-16(11-13-22)26-15-8-6-14(7-9-15)19(24)25-5/h6-9,16-17,21H,10-13H2,1-5H3/t17-/m1/s1. The van der Waals surface area contributed by atoms with Crippen molar-refractivity contribution in [1.29, 1.82) is 0 Å². The van der Waals surface area contributed by atoms with Crippen molar-refractivity contribution in [2.24, 2.45) is 5.41 Å². The van der Waals surface area contributed by atoms with E-state index in [1.807, 2.05) is 11.9 Å². The van der Waals surface area contributed by atoms with Crippen LogP contribution in [-0.2, 0) is 9.53 Å². The minimum Gasteiger partial charge on any atom is -0.490 e. The van der Waals surface area contributed by atoms with Crippen molar-refractivity contribution in [2.45, 2.75) is 45.8 Å². The fourth-order valence-corrected chi connectivity index (χ4v) is 3.28. The highest BCUT2D eigenvalue weighted by atomic mass is 16.5. The molecule has 0 bridgehead atoms. The Morgan fingerprint density at radius 3 is 2.19 bits per heavy atom. The zero-order valence-electron chi connectivity index (χ0n) is 16.4. The summed E-state index contributed by atoms with van der Waals surface area (Å²) >= 11 is 0. The van der Waals surface area contributed by atoms with E-state index < -0.39 is 0 Å². The van der Waals surface area contributed by atoms with Gasteiger partial charge >= 0.3 is 5.97 Å². The normalized spacial score (nSPS) is 16.9. The van der Waals surface area contributed by atoms with Crippen molar-refractivity contribution in [2.75, 3.05) is 27.2 Å². The summed E-state index contributed by atoms with van der Waals surface area (Å²) in [4.78, 5) is 26.1. The van der Waals surface area contributed by atoms with E-state index in [2.05, 4.69) is 26.1 Å². The first-order valence-corrected chi connectivity index (χ1v) is 9.07. The zero-order chi connectivity index (χ0) is 19.3. The van der Waals surface area contributed by atoms with Crippen molar-refractivity contribution in [3.8, 4) is 5.75 Å². The number of nitrogens with one attached hydrogen (secondary N) is 1. The summed E-state index contributed by atoms with van der Waals surface area (Å²) in [5, 5.41) is 3.15. The second-order valence-corrected chi connectivity index (χ2v) is 7.75. The molecule has 1 saturated heterocycles. The van der Waals surface area contributed by atoms with E-state index in [4.69, 9.17) is 9.47 Å². The topological polar surface area (TPSA) is 67.9 Å². The molecule has 1 atom stereocenters. The SMILES string of the molecule is CN[C@H](C(=O)N1CCC(Oc2ccc(C(=O)OC)cc2)CC1)C(C)(C)C. The molecular formula is C20H30N2O4. The van der Waals surface area contributed by atoms with Gasteiger partial charge in [0.25, 0.3) is 0 Å². The molecule has 26 heavy (non-hydrogen) atoms. The number of esters is 1. The van der Waals surface area contributed by atoms with Crippen LogP contribution in [0.3, 0.4) is 0 Å². The van der Waals surface area contributed by atoms with Gasteiger partial charge in [-0.05, 0) is 36.7 Å². The van der Waals surface area contributed by atoms with Gasteiger partial charge in [-0.15, -0.1) is 0 Å². The number of benzene rings is 1. The number of nitrogens with zero attached hydrogens (tertiary/aromatic N) is 1. The summed E-state index contributed by atoms with van der Waals surface area (Å²) in [5.41, 5.74) is 0.376. The third kappa shape index (κ3) is 4.97. The molecule has 144 valence electrons.